The summed E-state index contributed by atoms with van der Waals surface area (Å²) in [6.07, 6.45) is -4.84. The van der Waals surface area contributed by atoms with E-state index in [1.165, 1.54) is 43.5 Å². The molecule has 0 fully saturated rings. The number of carbonyl (C=O) groups is 2. The number of halogens is 6. The molecule has 14 heteroatoms. The van der Waals surface area contributed by atoms with Gasteiger partial charge < -0.3 is 19.1 Å². The van der Waals surface area contributed by atoms with Crippen LogP contribution in [0.5, 0.6) is 11.5 Å². The maximum Gasteiger partial charge on any atom is 0.522 e. The largest absolute Gasteiger partial charge is 0.522 e. The van der Waals surface area contributed by atoms with Gasteiger partial charge in [0.1, 0.15) is 11.5 Å². The van der Waals surface area contributed by atoms with Gasteiger partial charge in [0.25, 0.3) is 5.56 Å². The van der Waals surface area contributed by atoms with Gasteiger partial charge in [-0.3, -0.25) is 14.3 Å². The van der Waals surface area contributed by atoms with E-state index in [9.17, 15) is 36.3 Å². The Morgan fingerprint density at radius 2 is 1.68 bits per heavy atom. The summed E-state index contributed by atoms with van der Waals surface area (Å²) in [7, 11) is 1.19. The zero-order chi connectivity index (χ0) is 29.6. The molecular formula is C26H21ClF5NO7. The highest BCUT2D eigenvalue weighted by atomic mass is 35.5. The van der Waals surface area contributed by atoms with E-state index in [1.807, 2.05) is 0 Å². The number of alkyl halides is 5. The predicted octanol–water partition coefficient (Wildman–Crippen LogP) is 5.76. The highest BCUT2D eigenvalue weighted by Gasteiger charge is 2.31. The summed E-state index contributed by atoms with van der Waals surface area (Å²) in [6.45, 7) is -4.17. The van der Waals surface area contributed by atoms with Crippen molar-refractivity contribution in [2.45, 2.75) is 31.9 Å². The topological polar surface area (TPSA) is 104 Å². The molecule has 40 heavy (non-hydrogen) atoms. The van der Waals surface area contributed by atoms with Gasteiger partial charge in [-0.15, -0.1) is 13.2 Å². The molecule has 2 aromatic carbocycles. The van der Waals surface area contributed by atoms with Crippen molar-refractivity contribution in [2.75, 3.05) is 13.7 Å². The molecule has 3 aromatic rings. The number of ether oxygens (including phenoxy) is 3. The van der Waals surface area contributed by atoms with Gasteiger partial charge in [0.2, 0.25) is 0 Å². The molecule has 0 spiro atoms. The molecule has 1 aromatic heterocycles. The second-order valence-electron chi connectivity index (χ2n) is 8.26. The van der Waals surface area contributed by atoms with Crippen molar-refractivity contribution in [3.05, 3.63) is 81.2 Å². The molecule has 1 unspecified atom stereocenters. The molecule has 0 aliphatic rings. The first kappa shape index (κ1) is 30.6. The minimum Gasteiger partial charge on any atom is -0.495 e. The number of aromatic carboxylic acids is 1. The Morgan fingerprint density at radius 1 is 1.02 bits per heavy atom. The fourth-order valence-corrected chi connectivity index (χ4v) is 4.05. The van der Waals surface area contributed by atoms with E-state index in [-0.39, 0.29) is 39.6 Å². The molecule has 0 saturated heterocycles. The van der Waals surface area contributed by atoms with Crippen molar-refractivity contribution in [1.29, 1.82) is 0 Å². The predicted molar refractivity (Wildman–Crippen MR) is 132 cm³/mol. The first-order chi connectivity index (χ1) is 18.8. The number of Topliss-reactive ketones (excluding diaryl/α,β-unsaturated/α-hetero) is 1. The number of carboxylic acids is 1. The van der Waals surface area contributed by atoms with Crippen LogP contribution in [0, 0.1) is 0 Å². The van der Waals surface area contributed by atoms with Gasteiger partial charge >= 0.3 is 18.9 Å². The van der Waals surface area contributed by atoms with Crippen LogP contribution < -0.4 is 15.0 Å². The molecule has 0 radical (unpaired) electrons. The van der Waals surface area contributed by atoms with Crippen LogP contribution in [-0.4, -0.2) is 48.1 Å². The molecule has 8 nitrogen and oxygen atoms in total. The third kappa shape index (κ3) is 8.02. The van der Waals surface area contributed by atoms with Gasteiger partial charge in [-0.2, -0.15) is 8.78 Å². The smallest absolute Gasteiger partial charge is 0.495 e. The molecule has 0 aliphatic carbocycles. The van der Waals surface area contributed by atoms with E-state index in [0.29, 0.717) is 5.56 Å². The maximum absolute atomic E-state index is 13.2. The van der Waals surface area contributed by atoms with E-state index in [0.717, 1.165) is 22.9 Å². The molecule has 0 aliphatic heterocycles. The summed E-state index contributed by atoms with van der Waals surface area (Å²) in [6, 6.07) is 8.41. The number of carbonyl (C=O) groups excluding carboxylic acids is 1. The Balaban J connectivity index is 2.04. The Kier molecular flexibility index (Phi) is 9.88. The first-order valence-electron chi connectivity index (χ1n) is 11.4. The van der Waals surface area contributed by atoms with Gasteiger partial charge in [-0.05, 0) is 42.3 Å². The number of methoxy groups -OCH3 is 1. The number of hydrogen-bond donors (Lipinski definition) is 1. The van der Waals surface area contributed by atoms with Crippen LogP contribution in [0.4, 0.5) is 22.0 Å². The van der Waals surface area contributed by atoms with Crippen molar-refractivity contribution < 1.29 is 50.9 Å². The standard InChI is InChI=1S/C26H21ClF5NO7/c1-38-22-13-33(23(35)12-18(22)17-11-16(27)6-7-21(17)40-25(28)29)19(8-9-39-26(30,31)32)20(34)10-14-2-4-15(5-3-14)24(36)37/h2-7,11-13,19,25H,8-10H2,1H3,(H,36,37). The van der Waals surface area contributed by atoms with Crippen molar-refractivity contribution in [3.63, 3.8) is 0 Å². The Morgan fingerprint density at radius 3 is 2.25 bits per heavy atom. The lowest BCUT2D eigenvalue weighted by Gasteiger charge is -2.22. The lowest BCUT2D eigenvalue weighted by Crippen LogP contribution is -2.32. The van der Waals surface area contributed by atoms with Crippen molar-refractivity contribution >= 4 is 23.4 Å². The Hall–Kier alpha value is -3.97. The Labute approximate surface area is 228 Å². The van der Waals surface area contributed by atoms with Crippen molar-refractivity contribution in [2.24, 2.45) is 0 Å². The van der Waals surface area contributed by atoms with Crippen molar-refractivity contribution in [1.82, 2.24) is 4.57 Å². The zero-order valence-corrected chi connectivity index (χ0v) is 21.3. The summed E-state index contributed by atoms with van der Waals surface area (Å²) in [5.74, 6) is -2.30. The summed E-state index contributed by atoms with van der Waals surface area (Å²) in [5, 5.41) is 9.16. The molecule has 1 atom stereocenters. The highest BCUT2D eigenvalue weighted by Crippen LogP contribution is 2.38. The maximum atomic E-state index is 13.2. The lowest BCUT2D eigenvalue weighted by atomic mass is 9.99. The fraction of sp³-hybridized carbons (Fsp3) is 0.269. The number of pyridine rings is 1. The minimum absolute atomic E-state index is 0.0242. The van der Waals surface area contributed by atoms with E-state index in [4.69, 9.17) is 21.4 Å². The number of ketones is 1. The number of rotatable bonds is 12. The summed E-state index contributed by atoms with van der Waals surface area (Å²) in [5.41, 5.74) is -0.620. The first-order valence-corrected chi connectivity index (χ1v) is 11.8. The molecule has 3 rings (SSSR count). The third-order valence-electron chi connectivity index (χ3n) is 5.66. The molecular weight excluding hydrogens is 569 g/mol. The van der Waals surface area contributed by atoms with E-state index in [1.54, 1.807) is 0 Å². The average Bonchev–Trinajstić information content (AvgIpc) is 2.87. The third-order valence-corrected chi connectivity index (χ3v) is 5.89. The summed E-state index contributed by atoms with van der Waals surface area (Å²) in [4.78, 5) is 37.5. The quantitative estimate of drug-likeness (QED) is 0.268. The van der Waals surface area contributed by atoms with Crippen molar-refractivity contribution in [3.8, 4) is 22.6 Å². The van der Waals surface area contributed by atoms with Gasteiger partial charge in [-0.25, -0.2) is 4.79 Å². The molecule has 1 N–H and O–H groups in total. The number of carboxylic acid groups (broad SMARTS) is 1. The second kappa shape index (κ2) is 12.9. The Bertz CT molecular complexity index is 1420. The van der Waals surface area contributed by atoms with Gasteiger partial charge in [-0.1, -0.05) is 23.7 Å². The van der Waals surface area contributed by atoms with Gasteiger partial charge in [0, 0.05) is 28.6 Å². The van der Waals surface area contributed by atoms with Crippen LogP contribution in [0.1, 0.15) is 28.4 Å². The van der Waals surface area contributed by atoms with E-state index >= 15 is 0 Å². The molecule has 0 bridgehead atoms. The average molecular weight is 590 g/mol. The molecule has 1 heterocycles. The summed E-state index contributed by atoms with van der Waals surface area (Å²) >= 11 is 6.01. The number of benzene rings is 2. The zero-order valence-electron chi connectivity index (χ0n) is 20.6. The summed E-state index contributed by atoms with van der Waals surface area (Å²) < 4.78 is 78.4. The lowest BCUT2D eigenvalue weighted by molar-refractivity contribution is -0.325. The highest BCUT2D eigenvalue weighted by molar-refractivity contribution is 6.31. The second-order valence-corrected chi connectivity index (χ2v) is 8.70. The van der Waals surface area contributed by atoms with Crippen LogP contribution >= 0.6 is 11.6 Å². The molecule has 0 saturated carbocycles. The van der Waals surface area contributed by atoms with Crippen LogP contribution in [0.15, 0.2) is 59.5 Å². The molecule has 214 valence electrons. The van der Waals surface area contributed by atoms with Gasteiger partial charge in [0.05, 0.1) is 31.5 Å². The van der Waals surface area contributed by atoms with E-state index in [2.05, 4.69) is 9.47 Å². The number of aromatic nitrogens is 1. The SMILES string of the molecule is COc1cn(C(CCOC(F)(F)F)C(=O)Cc2ccc(C(=O)O)cc2)c(=O)cc1-c1cc(Cl)ccc1OC(F)F. The van der Waals surface area contributed by atoms with Crippen LogP contribution in [0.2, 0.25) is 5.02 Å². The van der Waals surface area contributed by atoms with Crippen LogP contribution in [0.25, 0.3) is 11.1 Å². The molecule has 0 amide bonds. The minimum atomic E-state index is -4.99. The normalized spacial score (nSPS) is 12.3. The fourth-order valence-electron chi connectivity index (χ4n) is 3.88. The number of nitrogens with zero attached hydrogens (tertiary/aromatic N) is 1. The van der Waals surface area contributed by atoms with Crippen LogP contribution in [0.3, 0.4) is 0 Å². The van der Waals surface area contributed by atoms with E-state index < -0.39 is 49.4 Å². The van der Waals surface area contributed by atoms with Crippen LogP contribution in [-0.2, 0) is 16.0 Å². The van der Waals surface area contributed by atoms with Gasteiger partial charge in [0.15, 0.2) is 5.78 Å². The number of hydrogen-bond acceptors (Lipinski definition) is 6. The monoisotopic (exact) mass is 589 g/mol.